The molecule has 1 aliphatic heterocycles. The Labute approximate surface area is 82.9 Å². The Morgan fingerprint density at radius 1 is 1.79 bits per heavy atom. The number of hydrogen-bond acceptors (Lipinski definition) is 3. The van der Waals surface area contributed by atoms with Gasteiger partial charge in [0.25, 0.3) is 0 Å². The summed E-state index contributed by atoms with van der Waals surface area (Å²) in [4.78, 5) is 12.0. The van der Waals surface area contributed by atoms with Crippen molar-refractivity contribution in [2.24, 2.45) is 5.92 Å². The van der Waals surface area contributed by atoms with Crippen LogP contribution in [0.25, 0.3) is 0 Å². The van der Waals surface area contributed by atoms with Crippen molar-refractivity contribution in [3.8, 4) is 6.07 Å². The molecule has 5 heteroatoms. The second-order valence-electron chi connectivity index (χ2n) is 3.25. The molecule has 1 heterocycles. The molecule has 0 aromatic heterocycles. The molecule has 0 bridgehead atoms. The molecule has 0 unspecified atom stereocenters. The average Bonchev–Trinajstić information content (AvgIpc) is 2.18. The van der Waals surface area contributed by atoms with Crippen molar-refractivity contribution in [2.75, 3.05) is 19.7 Å². The minimum atomic E-state index is -0.939. The van der Waals surface area contributed by atoms with Gasteiger partial charge in [-0.1, -0.05) is 0 Å². The van der Waals surface area contributed by atoms with Crippen LogP contribution in [0, 0.1) is 17.2 Å². The van der Waals surface area contributed by atoms with E-state index in [1.165, 1.54) is 4.90 Å². The third-order valence-electron chi connectivity index (χ3n) is 2.38. The van der Waals surface area contributed by atoms with Gasteiger partial charge in [-0.3, -0.25) is 0 Å². The third-order valence-corrected chi connectivity index (χ3v) is 2.38. The molecule has 0 aromatic rings. The van der Waals surface area contributed by atoms with E-state index >= 15 is 0 Å². The molecule has 1 fully saturated rings. The summed E-state index contributed by atoms with van der Waals surface area (Å²) in [5.74, 6) is -0.175. The van der Waals surface area contributed by atoms with Crippen molar-refractivity contribution in [3.63, 3.8) is 0 Å². The zero-order valence-electron chi connectivity index (χ0n) is 8.14. The zero-order chi connectivity index (χ0) is 10.6. The highest BCUT2D eigenvalue weighted by Gasteiger charge is 2.31. The largest absolute Gasteiger partial charge is 0.465 e. The summed E-state index contributed by atoms with van der Waals surface area (Å²) < 4.78 is 5.34. The molecule has 0 saturated carbocycles. The Kier molecular flexibility index (Phi) is 3.72. The molecule has 1 saturated heterocycles. The second kappa shape index (κ2) is 4.82. The highest BCUT2D eigenvalue weighted by molar-refractivity contribution is 5.65. The molecule has 1 aliphatic rings. The fraction of sp³-hybridized carbons (Fsp3) is 0.778. The number of amides is 1. The first-order valence-corrected chi connectivity index (χ1v) is 4.68. The quantitative estimate of drug-likeness (QED) is 0.715. The predicted octanol–water partition coefficient (Wildman–Crippen LogP) is 0.915. The fourth-order valence-corrected chi connectivity index (χ4v) is 1.62. The molecule has 78 valence electrons. The molecule has 14 heavy (non-hydrogen) atoms. The number of carbonyl (C=O) groups is 1. The van der Waals surface area contributed by atoms with Crippen molar-refractivity contribution in [1.82, 2.24) is 4.90 Å². The molecule has 0 radical (unpaired) electrons. The van der Waals surface area contributed by atoms with Gasteiger partial charge in [0.1, 0.15) is 0 Å². The molecule has 2 atom stereocenters. The lowest BCUT2D eigenvalue weighted by Crippen LogP contribution is -2.46. The fourth-order valence-electron chi connectivity index (χ4n) is 1.62. The third kappa shape index (κ3) is 2.36. The standard InChI is InChI=1S/C9H14N2O3/c1-2-14-8-6-11(9(12)13)4-3-7(8)5-10/h7-8H,2-4,6H2,1H3,(H,12,13)/t7-,8+/m0/s1. The normalized spacial score (nSPS) is 27.0. The van der Waals surface area contributed by atoms with Gasteiger partial charge in [-0.2, -0.15) is 5.26 Å². The first kappa shape index (κ1) is 10.8. The van der Waals surface area contributed by atoms with Crippen LogP contribution in [-0.2, 0) is 4.74 Å². The average molecular weight is 198 g/mol. The second-order valence-corrected chi connectivity index (χ2v) is 3.25. The number of nitrogens with zero attached hydrogens (tertiary/aromatic N) is 2. The van der Waals surface area contributed by atoms with Crippen molar-refractivity contribution in [2.45, 2.75) is 19.4 Å². The van der Waals surface area contributed by atoms with E-state index in [4.69, 9.17) is 15.1 Å². The Hall–Kier alpha value is -1.28. The van der Waals surface area contributed by atoms with Gasteiger partial charge in [-0.15, -0.1) is 0 Å². The van der Waals surface area contributed by atoms with Gasteiger partial charge in [-0.25, -0.2) is 4.79 Å². The van der Waals surface area contributed by atoms with Crippen molar-refractivity contribution in [1.29, 1.82) is 5.26 Å². The van der Waals surface area contributed by atoms with Crippen LogP contribution >= 0.6 is 0 Å². The Balaban J connectivity index is 2.58. The maximum atomic E-state index is 10.7. The predicted molar refractivity (Wildman–Crippen MR) is 48.7 cm³/mol. The van der Waals surface area contributed by atoms with E-state index in [0.717, 1.165) is 0 Å². The molecule has 1 N–H and O–H groups in total. The lowest BCUT2D eigenvalue weighted by molar-refractivity contribution is -0.0119. The maximum Gasteiger partial charge on any atom is 0.407 e. The molecule has 1 amide bonds. The van der Waals surface area contributed by atoms with Crippen LogP contribution in [-0.4, -0.2) is 41.9 Å². The van der Waals surface area contributed by atoms with Crippen LogP contribution in [0.4, 0.5) is 4.79 Å². The van der Waals surface area contributed by atoms with E-state index in [9.17, 15) is 4.79 Å². The van der Waals surface area contributed by atoms with E-state index < -0.39 is 6.09 Å². The Morgan fingerprint density at radius 3 is 3.00 bits per heavy atom. The van der Waals surface area contributed by atoms with E-state index in [1.54, 1.807) is 0 Å². The van der Waals surface area contributed by atoms with Gasteiger partial charge < -0.3 is 14.7 Å². The lowest BCUT2D eigenvalue weighted by Gasteiger charge is -2.33. The van der Waals surface area contributed by atoms with E-state index in [2.05, 4.69) is 6.07 Å². The molecular formula is C9H14N2O3. The van der Waals surface area contributed by atoms with Crippen molar-refractivity contribution >= 4 is 6.09 Å². The molecule has 0 spiro atoms. The highest BCUT2D eigenvalue weighted by atomic mass is 16.5. The molecule has 1 rings (SSSR count). The summed E-state index contributed by atoms with van der Waals surface area (Å²) in [6.45, 7) is 3.09. The monoisotopic (exact) mass is 198 g/mol. The topological polar surface area (TPSA) is 73.6 Å². The van der Waals surface area contributed by atoms with Gasteiger partial charge in [-0.05, 0) is 13.3 Å². The summed E-state index contributed by atoms with van der Waals surface area (Å²) in [6, 6.07) is 2.15. The smallest absolute Gasteiger partial charge is 0.407 e. The van der Waals surface area contributed by atoms with Crippen LogP contribution in [0.15, 0.2) is 0 Å². The molecule has 0 aliphatic carbocycles. The Bertz CT molecular complexity index is 249. The van der Waals surface area contributed by atoms with Gasteiger partial charge in [0, 0.05) is 13.2 Å². The molecule has 5 nitrogen and oxygen atoms in total. The van der Waals surface area contributed by atoms with Gasteiger partial charge in [0.15, 0.2) is 0 Å². The maximum absolute atomic E-state index is 10.7. The zero-order valence-corrected chi connectivity index (χ0v) is 8.14. The van der Waals surface area contributed by atoms with Crippen LogP contribution in [0.1, 0.15) is 13.3 Å². The SMILES string of the molecule is CCO[C@@H]1CN(C(=O)O)CC[C@H]1C#N. The highest BCUT2D eigenvalue weighted by Crippen LogP contribution is 2.19. The summed E-state index contributed by atoms with van der Waals surface area (Å²) in [5, 5.41) is 17.6. The molecular weight excluding hydrogens is 184 g/mol. The minimum Gasteiger partial charge on any atom is -0.465 e. The number of likely N-dealkylation sites (tertiary alicyclic amines) is 1. The van der Waals surface area contributed by atoms with Crippen molar-refractivity contribution < 1.29 is 14.6 Å². The number of ether oxygens (including phenoxy) is 1. The Morgan fingerprint density at radius 2 is 2.50 bits per heavy atom. The van der Waals surface area contributed by atoms with E-state index in [1.807, 2.05) is 6.92 Å². The van der Waals surface area contributed by atoms with Gasteiger partial charge in [0.05, 0.1) is 24.6 Å². The first-order valence-electron chi connectivity index (χ1n) is 4.68. The van der Waals surface area contributed by atoms with Gasteiger partial charge >= 0.3 is 6.09 Å². The van der Waals surface area contributed by atoms with Crippen LogP contribution in [0.5, 0.6) is 0 Å². The summed E-state index contributed by atoms with van der Waals surface area (Å²) in [6.07, 6.45) is -0.644. The number of carboxylic acid groups (broad SMARTS) is 1. The number of piperidine rings is 1. The summed E-state index contributed by atoms with van der Waals surface area (Å²) in [7, 11) is 0. The van der Waals surface area contributed by atoms with Crippen LogP contribution in [0.2, 0.25) is 0 Å². The van der Waals surface area contributed by atoms with Crippen LogP contribution in [0.3, 0.4) is 0 Å². The summed E-state index contributed by atoms with van der Waals surface area (Å²) in [5.41, 5.74) is 0. The van der Waals surface area contributed by atoms with E-state index in [0.29, 0.717) is 26.1 Å². The molecule has 0 aromatic carbocycles. The van der Waals surface area contributed by atoms with E-state index in [-0.39, 0.29) is 12.0 Å². The minimum absolute atomic E-state index is 0.175. The number of hydrogen-bond donors (Lipinski definition) is 1. The summed E-state index contributed by atoms with van der Waals surface area (Å²) >= 11 is 0. The number of rotatable bonds is 2. The van der Waals surface area contributed by atoms with Gasteiger partial charge in [0.2, 0.25) is 0 Å². The van der Waals surface area contributed by atoms with Crippen molar-refractivity contribution in [3.05, 3.63) is 0 Å². The van der Waals surface area contributed by atoms with Crippen LogP contribution < -0.4 is 0 Å². The number of nitriles is 1. The lowest BCUT2D eigenvalue weighted by atomic mass is 9.95. The first-order chi connectivity index (χ1) is 6.69.